The summed E-state index contributed by atoms with van der Waals surface area (Å²) < 4.78 is 6.23. The van der Waals surface area contributed by atoms with E-state index in [1.165, 1.54) is 7.11 Å². The van der Waals surface area contributed by atoms with Gasteiger partial charge in [0.1, 0.15) is 5.69 Å². The standard InChI is InChI=1S/C21H21N3O4/c1-14-8-6-7-11-16(14)19-17(20(26)22-18(13-25)21(27)28-2)12-24(23-19)15-9-4-3-5-10-15/h3-12,18,25H,13H2,1-2H3,(H,22,26)/t18-/m0/s1. The number of ether oxygens (including phenoxy) is 1. The lowest BCUT2D eigenvalue weighted by atomic mass is 10.0. The SMILES string of the molecule is COC(=O)[C@H](CO)NC(=O)c1cn(-c2ccccc2)nc1-c1ccccc1C. The number of hydrogen-bond acceptors (Lipinski definition) is 5. The fraction of sp³-hybridized carbons (Fsp3) is 0.190. The van der Waals surface area contributed by atoms with Gasteiger partial charge in [-0.25, -0.2) is 9.48 Å². The van der Waals surface area contributed by atoms with Crippen LogP contribution in [0.25, 0.3) is 16.9 Å². The second-order valence-electron chi connectivity index (χ2n) is 6.22. The van der Waals surface area contributed by atoms with Gasteiger partial charge < -0.3 is 15.2 Å². The van der Waals surface area contributed by atoms with Crippen LogP contribution in [0.1, 0.15) is 15.9 Å². The number of carbonyl (C=O) groups excluding carboxylic acids is 2. The molecule has 3 rings (SSSR count). The van der Waals surface area contributed by atoms with Gasteiger partial charge in [0.15, 0.2) is 6.04 Å². The minimum absolute atomic E-state index is 0.292. The Morgan fingerprint density at radius 1 is 1.14 bits per heavy atom. The summed E-state index contributed by atoms with van der Waals surface area (Å²) in [5, 5.41) is 16.5. The minimum Gasteiger partial charge on any atom is -0.467 e. The first-order valence-corrected chi connectivity index (χ1v) is 8.75. The Morgan fingerprint density at radius 2 is 1.82 bits per heavy atom. The van der Waals surface area contributed by atoms with Crippen LogP contribution in [0.2, 0.25) is 0 Å². The van der Waals surface area contributed by atoms with Gasteiger partial charge in [-0.3, -0.25) is 4.79 Å². The summed E-state index contributed by atoms with van der Waals surface area (Å²) in [6, 6.07) is 15.8. The number of methoxy groups -OCH3 is 1. The zero-order chi connectivity index (χ0) is 20.1. The molecule has 1 amide bonds. The molecule has 144 valence electrons. The maximum Gasteiger partial charge on any atom is 0.330 e. The molecule has 0 spiro atoms. The lowest BCUT2D eigenvalue weighted by molar-refractivity contribution is -0.143. The van der Waals surface area contributed by atoms with Gasteiger partial charge in [-0.1, -0.05) is 42.5 Å². The van der Waals surface area contributed by atoms with E-state index in [9.17, 15) is 14.7 Å². The van der Waals surface area contributed by atoms with Gasteiger partial charge in [0, 0.05) is 11.8 Å². The zero-order valence-corrected chi connectivity index (χ0v) is 15.6. The summed E-state index contributed by atoms with van der Waals surface area (Å²) in [6.45, 7) is 1.37. The number of amides is 1. The predicted molar refractivity (Wildman–Crippen MR) is 104 cm³/mol. The second-order valence-corrected chi connectivity index (χ2v) is 6.22. The van der Waals surface area contributed by atoms with Crippen molar-refractivity contribution >= 4 is 11.9 Å². The predicted octanol–water partition coefficient (Wildman–Crippen LogP) is 2.11. The number of carbonyl (C=O) groups is 2. The fourth-order valence-electron chi connectivity index (χ4n) is 2.85. The average Bonchev–Trinajstić information content (AvgIpc) is 3.17. The summed E-state index contributed by atoms with van der Waals surface area (Å²) in [4.78, 5) is 24.6. The van der Waals surface area contributed by atoms with Crippen molar-refractivity contribution in [2.45, 2.75) is 13.0 Å². The van der Waals surface area contributed by atoms with Crippen LogP contribution in [-0.4, -0.2) is 46.5 Å². The Hall–Kier alpha value is -3.45. The molecule has 0 bridgehead atoms. The number of aromatic nitrogens is 2. The molecule has 1 atom stereocenters. The van der Waals surface area contributed by atoms with E-state index >= 15 is 0 Å². The van der Waals surface area contributed by atoms with Gasteiger partial charge in [0.2, 0.25) is 0 Å². The molecular formula is C21H21N3O4. The van der Waals surface area contributed by atoms with Gasteiger partial charge in [0.25, 0.3) is 5.91 Å². The van der Waals surface area contributed by atoms with E-state index in [1.54, 1.807) is 10.9 Å². The van der Waals surface area contributed by atoms with Crippen LogP contribution in [0.3, 0.4) is 0 Å². The van der Waals surface area contributed by atoms with Gasteiger partial charge in [-0.15, -0.1) is 0 Å². The Bertz CT molecular complexity index is 982. The van der Waals surface area contributed by atoms with Crippen LogP contribution in [-0.2, 0) is 9.53 Å². The van der Waals surface area contributed by atoms with Crippen LogP contribution in [0, 0.1) is 6.92 Å². The molecule has 0 aliphatic heterocycles. The molecule has 7 nitrogen and oxygen atoms in total. The van der Waals surface area contributed by atoms with Crippen molar-refractivity contribution in [3.8, 4) is 16.9 Å². The number of nitrogens with one attached hydrogen (secondary N) is 1. The third kappa shape index (κ3) is 3.94. The summed E-state index contributed by atoms with van der Waals surface area (Å²) in [5.74, 6) is -1.24. The lowest BCUT2D eigenvalue weighted by Gasteiger charge is -2.14. The van der Waals surface area contributed by atoms with Crippen molar-refractivity contribution in [3.63, 3.8) is 0 Å². The molecule has 0 aliphatic carbocycles. The first-order valence-electron chi connectivity index (χ1n) is 8.75. The average molecular weight is 379 g/mol. The number of rotatable bonds is 6. The summed E-state index contributed by atoms with van der Waals surface area (Å²) in [5.41, 5.74) is 3.34. The number of para-hydroxylation sites is 1. The molecular weight excluding hydrogens is 358 g/mol. The monoisotopic (exact) mass is 379 g/mol. The molecule has 28 heavy (non-hydrogen) atoms. The van der Waals surface area contributed by atoms with Crippen molar-refractivity contribution in [3.05, 3.63) is 71.9 Å². The number of aliphatic hydroxyl groups excluding tert-OH is 1. The Balaban J connectivity index is 2.06. The highest BCUT2D eigenvalue weighted by molar-refractivity contribution is 6.01. The van der Waals surface area contributed by atoms with Crippen LogP contribution in [0.15, 0.2) is 60.8 Å². The molecule has 0 aliphatic rings. The Labute approximate surface area is 162 Å². The minimum atomic E-state index is -1.15. The number of nitrogens with zero attached hydrogens (tertiary/aromatic N) is 2. The number of aryl methyl sites for hydroxylation is 1. The molecule has 7 heteroatoms. The molecule has 3 aromatic rings. The van der Waals surface area contributed by atoms with Gasteiger partial charge in [-0.2, -0.15) is 5.10 Å². The molecule has 0 fully saturated rings. The van der Waals surface area contributed by atoms with E-state index < -0.39 is 24.5 Å². The maximum absolute atomic E-state index is 12.9. The molecule has 1 aromatic heterocycles. The molecule has 0 saturated carbocycles. The van der Waals surface area contributed by atoms with Crippen LogP contribution in [0.5, 0.6) is 0 Å². The van der Waals surface area contributed by atoms with Crippen molar-refractivity contribution in [2.75, 3.05) is 13.7 Å². The number of esters is 1. The quantitative estimate of drug-likeness (QED) is 0.640. The highest BCUT2D eigenvalue weighted by Gasteiger charge is 2.25. The smallest absolute Gasteiger partial charge is 0.330 e. The molecule has 2 N–H and O–H groups in total. The first-order chi connectivity index (χ1) is 13.5. The third-order valence-corrected chi connectivity index (χ3v) is 4.35. The van der Waals surface area contributed by atoms with E-state index in [-0.39, 0.29) is 0 Å². The number of benzene rings is 2. The van der Waals surface area contributed by atoms with E-state index in [4.69, 9.17) is 0 Å². The van der Waals surface area contributed by atoms with E-state index in [0.717, 1.165) is 16.8 Å². The van der Waals surface area contributed by atoms with Crippen LogP contribution < -0.4 is 5.32 Å². The Morgan fingerprint density at radius 3 is 2.46 bits per heavy atom. The zero-order valence-electron chi connectivity index (χ0n) is 15.6. The second kappa shape index (κ2) is 8.49. The topological polar surface area (TPSA) is 93.5 Å². The lowest BCUT2D eigenvalue weighted by Crippen LogP contribution is -2.44. The normalized spacial score (nSPS) is 11.7. The molecule has 0 saturated heterocycles. The Kier molecular flexibility index (Phi) is 5.86. The largest absolute Gasteiger partial charge is 0.467 e. The van der Waals surface area contributed by atoms with Crippen LogP contribution >= 0.6 is 0 Å². The van der Waals surface area contributed by atoms with Gasteiger partial charge in [-0.05, 0) is 24.6 Å². The van der Waals surface area contributed by atoms with Crippen molar-refractivity contribution < 1.29 is 19.4 Å². The maximum atomic E-state index is 12.9. The molecule has 2 aromatic carbocycles. The van der Waals surface area contributed by atoms with Crippen molar-refractivity contribution in [1.29, 1.82) is 0 Å². The highest BCUT2D eigenvalue weighted by Crippen LogP contribution is 2.26. The summed E-state index contributed by atoms with van der Waals surface area (Å²) in [7, 11) is 1.20. The van der Waals surface area contributed by atoms with E-state index in [0.29, 0.717) is 11.3 Å². The van der Waals surface area contributed by atoms with Gasteiger partial charge >= 0.3 is 5.97 Å². The third-order valence-electron chi connectivity index (χ3n) is 4.35. The fourth-order valence-corrected chi connectivity index (χ4v) is 2.85. The van der Waals surface area contributed by atoms with Gasteiger partial charge in [0.05, 0.1) is 25.0 Å². The number of hydrogen-bond donors (Lipinski definition) is 2. The molecule has 0 radical (unpaired) electrons. The first kappa shape index (κ1) is 19.3. The summed E-state index contributed by atoms with van der Waals surface area (Å²) >= 11 is 0. The molecule has 1 heterocycles. The van der Waals surface area contributed by atoms with E-state index in [2.05, 4.69) is 15.2 Å². The number of aliphatic hydroxyl groups is 1. The van der Waals surface area contributed by atoms with Crippen molar-refractivity contribution in [1.82, 2.24) is 15.1 Å². The highest BCUT2D eigenvalue weighted by atomic mass is 16.5. The van der Waals surface area contributed by atoms with Crippen molar-refractivity contribution in [2.24, 2.45) is 0 Å². The van der Waals surface area contributed by atoms with Crippen LogP contribution in [0.4, 0.5) is 0 Å². The van der Waals surface area contributed by atoms with E-state index in [1.807, 2.05) is 61.5 Å². The summed E-state index contributed by atoms with van der Waals surface area (Å²) in [6.07, 6.45) is 1.61. The molecule has 0 unspecified atom stereocenters.